The van der Waals surface area contributed by atoms with Crippen LogP contribution in [0.1, 0.15) is 54.4 Å². The van der Waals surface area contributed by atoms with Crippen molar-refractivity contribution in [2.75, 3.05) is 11.0 Å². The highest BCUT2D eigenvalue weighted by molar-refractivity contribution is 14.1. The van der Waals surface area contributed by atoms with Crippen molar-refractivity contribution in [3.05, 3.63) is 60.7 Å². The van der Waals surface area contributed by atoms with Crippen molar-refractivity contribution < 1.29 is 14.0 Å². The number of esters is 1. The summed E-state index contributed by atoms with van der Waals surface area (Å²) in [6.07, 6.45) is 1.27. The van der Waals surface area contributed by atoms with Gasteiger partial charge >= 0.3 is 5.97 Å². The first-order valence-electron chi connectivity index (χ1n) is 11.0. The van der Waals surface area contributed by atoms with Crippen LogP contribution in [0, 0.1) is 5.92 Å². The van der Waals surface area contributed by atoms with E-state index >= 15 is 0 Å². The zero-order chi connectivity index (χ0) is 23.1. The second kappa shape index (κ2) is 11.1. The topological polar surface area (TPSA) is 35.5 Å². The molecule has 0 aromatic heterocycles. The lowest BCUT2D eigenvalue weighted by Crippen LogP contribution is -2.66. The molecule has 0 saturated carbocycles. The summed E-state index contributed by atoms with van der Waals surface area (Å²) < 4.78 is 13.4. The number of carbonyl (C=O) groups excluding carboxylic acids is 1. The maximum atomic E-state index is 12.3. The Morgan fingerprint density at radius 2 is 1.39 bits per heavy atom. The molecule has 3 nitrogen and oxygen atoms in total. The molecule has 170 valence electrons. The lowest BCUT2D eigenvalue weighted by molar-refractivity contribution is -0.155. The standard InChI is InChI=1S/C26H37IO3Si/c1-25(2,3)30-24(28)19-21(20-27)17-18-29-31(26(4,5)6,22-13-9-7-10-14-22)23-15-11-8-12-16-23/h7-16,21H,17-20H2,1-6H3/t21-/m0/s1. The number of ether oxygens (including phenoxy) is 1. The molecule has 0 aliphatic rings. The van der Waals surface area contributed by atoms with E-state index in [2.05, 4.69) is 104 Å². The summed E-state index contributed by atoms with van der Waals surface area (Å²) in [7, 11) is -2.53. The second-order valence-corrected chi connectivity index (χ2v) is 15.3. The van der Waals surface area contributed by atoms with Crippen LogP contribution in [0.15, 0.2) is 60.7 Å². The van der Waals surface area contributed by atoms with Gasteiger partial charge in [-0.05, 0) is 48.5 Å². The minimum Gasteiger partial charge on any atom is -0.460 e. The van der Waals surface area contributed by atoms with Crippen molar-refractivity contribution in [1.82, 2.24) is 0 Å². The smallest absolute Gasteiger partial charge is 0.306 e. The molecule has 0 fully saturated rings. The van der Waals surface area contributed by atoms with E-state index in [9.17, 15) is 4.79 Å². The van der Waals surface area contributed by atoms with E-state index in [1.807, 2.05) is 20.8 Å². The van der Waals surface area contributed by atoms with Gasteiger partial charge in [-0.25, -0.2) is 0 Å². The first-order valence-corrected chi connectivity index (χ1v) is 14.5. The molecule has 0 aliphatic carbocycles. The molecule has 0 bridgehead atoms. The van der Waals surface area contributed by atoms with Gasteiger partial charge in [-0.3, -0.25) is 4.79 Å². The molecular weight excluding hydrogens is 515 g/mol. The van der Waals surface area contributed by atoms with Gasteiger partial charge in [0.1, 0.15) is 5.60 Å². The molecule has 0 radical (unpaired) electrons. The Balaban J connectivity index is 2.25. The van der Waals surface area contributed by atoms with E-state index in [0.717, 1.165) is 10.8 Å². The van der Waals surface area contributed by atoms with E-state index in [0.29, 0.717) is 13.0 Å². The first-order chi connectivity index (χ1) is 14.5. The van der Waals surface area contributed by atoms with Crippen LogP contribution in [0.3, 0.4) is 0 Å². The van der Waals surface area contributed by atoms with Crippen LogP contribution in [0.4, 0.5) is 0 Å². The van der Waals surface area contributed by atoms with E-state index < -0.39 is 13.9 Å². The van der Waals surface area contributed by atoms with Crippen LogP contribution >= 0.6 is 22.6 Å². The van der Waals surface area contributed by atoms with Gasteiger partial charge in [-0.15, -0.1) is 0 Å². The summed E-state index contributed by atoms with van der Waals surface area (Å²) >= 11 is 2.37. The van der Waals surface area contributed by atoms with Crippen molar-refractivity contribution in [3.8, 4) is 0 Å². The maximum absolute atomic E-state index is 12.3. The van der Waals surface area contributed by atoms with E-state index in [1.165, 1.54) is 10.4 Å². The lowest BCUT2D eigenvalue weighted by atomic mass is 10.0. The van der Waals surface area contributed by atoms with Crippen molar-refractivity contribution in [2.45, 2.75) is 65.0 Å². The lowest BCUT2D eigenvalue weighted by Gasteiger charge is -2.43. The van der Waals surface area contributed by atoms with Crippen LogP contribution < -0.4 is 10.4 Å². The maximum Gasteiger partial charge on any atom is 0.306 e. The molecule has 31 heavy (non-hydrogen) atoms. The van der Waals surface area contributed by atoms with Crippen LogP contribution in [0.25, 0.3) is 0 Å². The molecule has 0 unspecified atom stereocenters. The van der Waals surface area contributed by atoms with Crippen LogP contribution in [0.5, 0.6) is 0 Å². The van der Waals surface area contributed by atoms with Crippen LogP contribution in [-0.2, 0) is 14.0 Å². The highest BCUT2D eigenvalue weighted by atomic mass is 127. The number of benzene rings is 2. The van der Waals surface area contributed by atoms with Gasteiger partial charge < -0.3 is 9.16 Å². The number of halogens is 1. The van der Waals surface area contributed by atoms with Gasteiger partial charge in [-0.2, -0.15) is 0 Å². The van der Waals surface area contributed by atoms with Gasteiger partial charge in [0, 0.05) is 17.5 Å². The van der Waals surface area contributed by atoms with Gasteiger partial charge in [0.25, 0.3) is 8.32 Å². The third-order valence-corrected chi connectivity index (χ3v) is 11.6. The molecule has 0 saturated heterocycles. The summed E-state index contributed by atoms with van der Waals surface area (Å²) in [6, 6.07) is 21.4. The summed E-state index contributed by atoms with van der Waals surface area (Å²) in [5, 5.41) is 2.53. The predicted octanol–water partition coefficient (Wildman–Crippen LogP) is 5.74. The van der Waals surface area contributed by atoms with Gasteiger partial charge in [0.2, 0.25) is 0 Å². The highest BCUT2D eigenvalue weighted by Crippen LogP contribution is 2.37. The number of hydrogen-bond acceptors (Lipinski definition) is 3. The van der Waals surface area contributed by atoms with Crippen LogP contribution in [-0.4, -0.2) is 30.9 Å². The average molecular weight is 553 g/mol. The number of carbonyl (C=O) groups is 1. The highest BCUT2D eigenvalue weighted by Gasteiger charge is 2.50. The normalized spacial score (nSPS) is 13.6. The molecule has 5 heteroatoms. The molecule has 2 aromatic carbocycles. The monoisotopic (exact) mass is 552 g/mol. The SMILES string of the molecule is CC(C)(C)OC(=O)C[C@@H](CI)CCO[Si](c1ccccc1)(c1ccccc1)C(C)(C)C. The second-order valence-electron chi connectivity index (χ2n) is 10.1. The molecule has 1 atom stereocenters. The van der Waals surface area contributed by atoms with Gasteiger partial charge in [0.05, 0.1) is 0 Å². The molecule has 2 rings (SSSR count). The Morgan fingerprint density at radius 1 is 0.903 bits per heavy atom. The molecule has 2 aromatic rings. The summed E-state index contributed by atoms with van der Waals surface area (Å²) in [5.74, 6) is 0.119. The van der Waals surface area contributed by atoms with Gasteiger partial charge in [0.15, 0.2) is 0 Å². The number of hydrogen-bond donors (Lipinski definition) is 0. The quantitative estimate of drug-likeness (QED) is 0.172. The van der Waals surface area contributed by atoms with E-state index in [1.54, 1.807) is 0 Å². The molecule has 0 N–H and O–H groups in total. The Hall–Kier alpha value is -1.18. The molecule has 0 aliphatic heterocycles. The Labute approximate surface area is 203 Å². The number of alkyl halides is 1. The fourth-order valence-electron chi connectivity index (χ4n) is 3.99. The molecule has 0 heterocycles. The predicted molar refractivity (Wildman–Crippen MR) is 141 cm³/mol. The Bertz CT molecular complexity index is 771. The summed E-state index contributed by atoms with van der Waals surface area (Å²) in [5.41, 5.74) is -0.446. The Kier molecular flexibility index (Phi) is 9.34. The van der Waals surface area contributed by atoms with Gasteiger partial charge in [-0.1, -0.05) is 104 Å². The molecule has 0 amide bonds. The first kappa shape index (κ1) is 26.1. The number of rotatable bonds is 9. The van der Waals surface area contributed by atoms with Crippen LogP contribution in [0.2, 0.25) is 5.04 Å². The fourth-order valence-corrected chi connectivity index (χ4v) is 9.32. The largest absolute Gasteiger partial charge is 0.460 e. The summed E-state index contributed by atoms with van der Waals surface area (Å²) in [4.78, 5) is 12.3. The minimum atomic E-state index is -2.53. The molecular formula is C26H37IO3Si. The van der Waals surface area contributed by atoms with Crippen molar-refractivity contribution in [1.29, 1.82) is 0 Å². The van der Waals surface area contributed by atoms with Crippen molar-refractivity contribution in [2.24, 2.45) is 5.92 Å². The third-order valence-electron chi connectivity index (χ3n) is 5.36. The zero-order valence-corrected chi connectivity index (χ0v) is 22.9. The zero-order valence-electron chi connectivity index (χ0n) is 19.8. The fraction of sp³-hybridized carbons (Fsp3) is 0.500. The molecule has 0 spiro atoms. The van der Waals surface area contributed by atoms with Crippen molar-refractivity contribution >= 4 is 47.3 Å². The van der Waals surface area contributed by atoms with E-state index in [4.69, 9.17) is 9.16 Å². The average Bonchev–Trinajstić information content (AvgIpc) is 2.69. The Morgan fingerprint density at radius 3 is 1.77 bits per heavy atom. The summed E-state index contributed by atoms with van der Waals surface area (Å²) in [6.45, 7) is 13.2. The third kappa shape index (κ3) is 7.16. The van der Waals surface area contributed by atoms with Crippen molar-refractivity contribution in [3.63, 3.8) is 0 Å². The van der Waals surface area contributed by atoms with E-state index in [-0.39, 0.29) is 16.9 Å². The minimum absolute atomic E-state index is 0.0410.